The van der Waals surface area contributed by atoms with Crippen molar-refractivity contribution in [1.29, 1.82) is 0 Å². The van der Waals surface area contributed by atoms with E-state index in [2.05, 4.69) is 36.5 Å². The Morgan fingerprint density at radius 2 is 1.72 bits per heavy atom. The van der Waals surface area contributed by atoms with Crippen LogP contribution in [0.5, 0.6) is 0 Å². The van der Waals surface area contributed by atoms with Gasteiger partial charge in [-0.2, -0.15) is 0 Å². The van der Waals surface area contributed by atoms with Gasteiger partial charge in [0.05, 0.1) is 4.90 Å². The van der Waals surface area contributed by atoms with Crippen LogP contribution in [0.15, 0.2) is 41.3 Å². The van der Waals surface area contributed by atoms with Crippen LogP contribution in [0, 0.1) is 12.8 Å². The number of hydrogen-bond acceptors (Lipinski definition) is 2. The number of rotatable bonds is 7. The fraction of sp³-hybridized carbons (Fsp3) is 0.600. The van der Waals surface area contributed by atoms with Crippen molar-refractivity contribution in [3.63, 3.8) is 0 Å². The number of sulfonamides is 1. The van der Waals surface area contributed by atoms with Gasteiger partial charge in [0.15, 0.2) is 0 Å². The molecule has 0 aliphatic heterocycles. The zero-order valence-electron chi connectivity index (χ0n) is 16.1. The van der Waals surface area contributed by atoms with Gasteiger partial charge in [-0.1, -0.05) is 62.3 Å². The zero-order valence-corrected chi connectivity index (χ0v) is 17.9. The average Bonchev–Trinajstić information content (AvgIpc) is 2.52. The van der Waals surface area contributed by atoms with Gasteiger partial charge in [0, 0.05) is 14.1 Å². The van der Waals surface area contributed by atoms with Crippen molar-refractivity contribution < 1.29 is 8.42 Å². The van der Waals surface area contributed by atoms with E-state index in [1.807, 2.05) is 19.1 Å². The maximum atomic E-state index is 12.7. The van der Waals surface area contributed by atoms with Crippen molar-refractivity contribution in [3.05, 3.63) is 42.0 Å². The van der Waals surface area contributed by atoms with Gasteiger partial charge in [-0.3, -0.25) is 0 Å². The van der Waals surface area contributed by atoms with E-state index >= 15 is 0 Å². The summed E-state index contributed by atoms with van der Waals surface area (Å²) in [6, 6.07) is 8.35. The highest BCUT2D eigenvalue weighted by atomic mass is 32.2. The van der Waals surface area contributed by atoms with Crippen LogP contribution in [0.25, 0.3) is 0 Å². The van der Waals surface area contributed by atoms with Gasteiger partial charge >= 0.3 is 0 Å². The summed E-state index contributed by atoms with van der Waals surface area (Å²) in [6.07, 6.45) is 9.93. The lowest BCUT2D eigenvalue weighted by molar-refractivity contribution is 0.291. The Bertz CT molecular complexity index is 675. The van der Waals surface area contributed by atoms with Crippen molar-refractivity contribution in [3.8, 4) is 0 Å². The molecule has 0 amide bonds. The molecule has 25 heavy (non-hydrogen) atoms. The van der Waals surface area contributed by atoms with E-state index in [-0.39, 0.29) is 6.04 Å². The molecule has 5 heteroatoms. The number of benzene rings is 1. The molecule has 1 fully saturated rings. The molecular weight excluding hydrogens is 346 g/mol. The van der Waals surface area contributed by atoms with E-state index in [1.54, 1.807) is 12.1 Å². The first-order chi connectivity index (χ1) is 11.7. The quantitative estimate of drug-likeness (QED) is 0.528. The summed E-state index contributed by atoms with van der Waals surface area (Å²) in [5.74, 6) is 0.409. The van der Waals surface area contributed by atoms with E-state index in [1.165, 1.54) is 12.5 Å². The normalized spacial score (nSPS) is 22.4. The van der Waals surface area contributed by atoms with Crippen LogP contribution >= 0.6 is 0 Å². The molecular formula is C20H33NO2SSi. The summed E-state index contributed by atoms with van der Waals surface area (Å²) < 4.78 is 28.4. The summed E-state index contributed by atoms with van der Waals surface area (Å²) in [7, 11) is -4.48. The van der Waals surface area contributed by atoms with Crippen LogP contribution in [0.1, 0.15) is 37.7 Å². The molecule has 0 spiro atoms. The highest BCUT2D eigenvalue weighted by Gasteiger charge is 2.28. The molecule has 1 aromatic carbocycles. The minimum atomic E-state index is -3.43. The minimum Gasteiger partial charge on any atom is -0.208 e. The topological polar surface area (TPSA) is 46.2 Å². The molecule has 1 aromatic rings. The maximum absolute atomic E-state index is 12.7. The standard InChI is InChI=1S/C20H33NO2SSi/c1-17-12-14-19(15-13-17)24(22,23)21-20-11-6-5-9-18(20)10-7-8-16-25(2,3)4/h7-8,12-15,18,20-21H,5-6,9-11,16H2,1-4H3/b8-7+/t18-,20+/m1/s1. The first kappa shape index (κ1) is 20.4. The van der Waals surface area contributed by atoms with Crippen LogP contribution in [-0.4, -0.2) is 22.5 Å². The van der Waals surface area contributed by atoms with E-state index in [0.717, 1.165) is 31.2 Å². The van der Waals surface area contributed by atoms with E-state index < -0.39 is 18.1 Å². The van der Waals surface area contributed by atoms with Crippen molar-refractivity contribution in [1.82, 2.24) is 4.72 Å². The summed E-state index contributed by atoms with van der Waals surface area (Å²) in [4.78, 5) is 0.372. The highest BCUT2D eigenvalue weighted by Crippen LogP contribution is 2.29. The lowest BCUT2D eigenvalue weighted by Gasteiger charge is -2.31. The number of nitrogens with one attached hydrogen (secondary N) is 1. The fourth-order valence-corrected chi connectivity index (χ4v) is 5.55. The van der Waals surface area contributed by atoms with Crippen LogP contribution in [-0.2, 0) is 10.0 Å². The maximum Gasteiger partial charge on any atom is 0.240 e. The summed E-state index contributed by atoms with van der Waals surface area (Å²) >= 11 is 0. The van der Waals surface area contributed by atoms with E-state index in [4.69, 9.17) is 0 Å². The van der Waals surface area contributed by atoms with Crippen molar-refractivity contribution in [2.45, 2.75) is 75.7 Å². The number of hydrogen-bond donors (Lipinski definition) is 1. The molecule has 0 heterocycles. The Labute approximate surface area is 155 Å². The third-order valence-corrected chi connectivity index (χ3v) is 7.85. The Morgan fingerprint density at radius 1 is 1.08 bits per heavy atom. The number of allylic oxidation sites excluding steroid dienone is 2. The van der Waals surface area contributed by atoms with E-state index in [9.17, 15) is 8.42 Å². The smallest absolute Gasteiger partial charge is 0.208 e. The van der Waals surface area contributed by atoms with Crippen LogP contribution in [0.4, 0.5) is 0 Å². The second-order valence-electron chi connectivity index (χ2n) is 8.56. The molecule has 0 radical (unpaired) electrons. The van der Waals surface area contributed by atoms with Gasteiger partial charge in [-0.05, 0) is 50.3 Å². The second kappa shape index (κ2) is 8.65. The molecule has 1 saturated carbocycles. The molecule has 3 nitrogen and oxygen atoms in total. The first-order valence-electron chi connectivity index (χ1n) is 9.41. The molecule has 0 saturated heterocycles. The molecule has 2 atom stereocenters. The molecule has 0 aromatic heterocycles. The minimum absolute atomic E-state index is 0.0524. The highest BCUT2D eigenvalue weighted by molar-refractivity contribution is 7.89. The number of aryl methyl sites for hydroxylation is 1. The van der Waals surface area contributed by atoms with Gasteiger partial charge in [0.1, 0.15) is 0 Å². The Balaban J connectivity index is 2.01. The van der Waals surface area contributed by atoms with Crippen molar-refractivity contribution >= 4 is 18.1 Å². The third kappa shape index (κ3) is 6.72. The predicted octanol–water partition coefficient (Wildman–Crippen LogP) is 5.12. The lowest BCUT2D eigenvalue weighted by Crippen LogP contribution is -2.41. The van der Waals surface area contributed by atoms with Gasteiger partial charge in [0.25, 0.3) is 0 Å². The first-order valence-corrected chi connectivity index (χ1v) is 14.6. The molecule has 1 N–H and O–H groups in total. The Morgan fingerprint density at radius 3 is 2.36 bits per heavy atom. The second-order valence-corrected chi connectivity index (χ2v) is 15.8. The largest absolute Gasteiger partial charge is 0.240 e. The van der Waals surface area contributed by atoms with Crippen molar-refractivity contribution in [2.75, 3.05) is 0 Å². The van der Waals surface area contributed by atoms with E-state index in [0.29, 0.717) is 10.8 Å². The van der Waals surface area contributed by atoms with Gasteiger partial charge in [-0.25, -0.2) is 13.1 Å². The monoisotopic (exact) mass is 379 g/mol. The SMILES string of the molecule is Cc1ccc(S(=O)(=O)N[C@H]2CCCC[C@@H]2C/C=C/C[Si](C)(C)C)cc1. The fourth-order valence-electron chi connectivity index (χ4n) is 3.34. The molecule has 1 aliphatic rings. The molecule has 140 valence electrons. The van der Waals surface area contributed by atoms with Gasteiger partial charge < -0.3 is 0 Å². The summed E-state index contributed by atoms with van der Waals surface area (Å²) in [5, 5.41) is 0. The average molecular weight is 380 g/mol. The van der Waals surface area contributed by atoms with Gasteiger partial charge in [0.2, 0.25) is 10.0 Å². The van der Waals surface area contributed by atoms with Gasteiger partial charge in [-0.15, -0.1) is 0 Å². The lowest BCUT2D eigenvalue weighted by atomic mass is 9.83. The zero-order chi connectivity index (χ0) is 18.5. The predicted molar refractivity (Wildman–Crippen MR) is 109 cm³/mol. The van der Waals surface area contributed by atoms with Crippen LogP contribution in [0.3, 0.4) is 0 Å². The summed E-state index contributed by atoms with van der Waals surface area (Å²) in [6.45, 7) is 9.08. The Hall–Kier alpha value is -0.913. The summed E-state index contributed by atoms with van der Waals surface area (Å²) in [5.41, 5.74) is 1.07. The molecule has 0 bridgehead atoms. The molecule has 2 rings (SSSR count). The molecule has 1 aliphatic carbocycles. The van der Waals surface area contributed by atoms with Crippen LogP contribution < -0.4 is 4.72 Å². The third-order valence-electron chi connectivity index (χ3n) is 4.88. The van der Waals surface area contributed by atoms with Crippen molar-refractivity contribution in [2.24, 2.45) is 5.92 Å². The van der Waals surface area contributed by atoms with Crippen LogP contribution in [0.2, 0.25) is 25.7 Å². The molecule has 0 unspecified atom stereocenters. The Kier molecular flexibility index (Phi) is 7.06.